The molecule has 1 N–H and O–H groups in total. The topological polar surface area (TPSA) is 85.3 Å². The number of fused-ring (bicyclic) bond motifs is 1. The molecule has 0 radical (unpaired) electrons. The van der Waals surface area contributed by atoms with Gasteiger partial charge in [0.1, 0.15) is 11.7 Å². The van der Waals surface area contributed by atoms with Crippen LogP contribution in [-0.2, 0) is 5.41 Å². The minimum Gasteiger partial charge on any atom is -0.341 e. The van der Waals surface area contributed by atoms with Crippen molar-refractivity contribution in [2.45, 2.75) is 46.1 Å². The average molecular weight is 327 g/mol. The van der Waals surface area contributed by atoms with Crippen molar-refractivity contribution < 1.29 is 9.32 Å². The standard InChI is InChI=1S/C17H21N5O2/c1-10-9-18-13-8-12(6-7-22(10)13)14(23)19-11(2)15-20-16(21-24-15)17(3,4)5/h6-9,11H,1-5H3,(H,19,23). The molecule has 3 heterocycles. The van der Waals surface area contributed by atoms with Crippen LogP contribution in [0.3, 0.4) is 0 Å². The minimum absolute atomic E-state index is 0.199. The van der Waals surface area contributed by atoms with Crippen molar-refractivity contribution in [2.24, 2.45) is 0 Å². The number of hydrogen-bond acceptors (Lipinski definition) is 5. The predicted octanol–water partition coefficient (Wildman–Crippen LogP) is 2.81. The van der Waals surface area contributed by atoms with Crippen LogP contribution in [0.2, 0.25) is 0 Å². The molecular formula is C17H21N5O2. The third-order valence-corrected chi connectivity index (χ3v) is 3.79. The Labute approximate surface area is 140 Å². The van der Waals surface area contributed by atoms with Crippen molar-refractivity contribution in [3.63, 3.8) is 0 Å². The molecule has 0 aromatic carbocycles. The molecule has 24 heavy (non-hydrogen) atoms. The number of carbonyl (C=O) groups is 1. The molecule has 0 fully saturated rings. The lowest BCUT2D eigenvalue weighted by atomic mass is 9.96. The first-order valence-electron chi connectivity index (χ1n) is 7.84. The molecule has 0 saturated heterocycles. The first-order valence-corrected chi connectivity index (χ1v) is 7.84. The molecule has 7 heteroatoms. The Morgan fingerprint density at radius 1 is 1.38 bits per heavy atom. The van der Waals surface area contributed by atoms with E-state index in [0.29, 0.717) is 17.3 Å². The van der Waals surface area contributed by atoms with Crippen molar-refractivity contribution in [1.82, 2.24) is 24.8 Å². The maximum atomic E-state index is 12.4. The second-order valence-corrected chi connectivity index (χ2v) is 6.94. The zero-order chi connectivity index (χ0) is 17.5. The summed E-state index contributed by atoms with van der Waals surface area (Å²) in [6.45, 7) is 9.80. The quantitative estimate of drug-likeness (QED) is 0.799. The van der Waals surface area contributed by atoms with Crippen LogP contribution in [0, 0.1) is 6.92 Å². The molecule has 0 aliphatic rings. The average Bonchev–Trinajstić information content (AvgIpc) is 3.14. The molecule has 1 unspecified atom stereocenters. The maximum Gasteiger partial charge on any atom is 0.252 e. The van der Waals surface area contributed by atoms with Crippen LogP contribution in [0.15, 0.2) is 29.0 Å². The van der Waals surface area contributed by atoms with Gasteiger partial charge in [-0.25, -0.2) is 4.98 Å². The van der Waals surface area contributed by atoms with Gasteiger partial charge < -0.3 is 14.2 Å². The largest absolute Gasteiger partial charge is 0.341 e. The Balaban J connectivity index is 1.76. The number of aromatic nitrogens is 4. The summed E-state index contributed by atoms with van der Waals surface area (Å²) in [7, 11) is 0. The first-order chi connectivity index (χ1) is 11.3. The third-order valence-electron chi connectivity index (χ3n) is 3.79. The molecule has 126 valence electrons. The first kappa shape index (κ1) is 16.2. The molecule has 0 aliphatic carbocycles. The van der Waals surface area contributed by atoms with Gasteiger partial charge in [-0.1, -0.05) is 25.9 Å². The normalized spacial score (nSPS) is 13.2. The number of pyridine rings is 1. The smallest absolute Gasteiger partial charge is 0.252 e. The number of aryl methyl sites for hydroxylation is 1. The van der Waals surface area contributed by atoms with E-state index in [1.807, 2.05) is 45.2 Å². The zero-order valence-electron chi connectivity index (χ0n) is 14.5. The Kier molecular flexibility index (Phi) is 3.87. The fraction of sp³-hybridized carbons (Fsp3) is 0.412. The number of imidazole rings is 1. The minimum atomic E-state index is -0.376. The monoisotopic (exact) mass is 327 g/mol. The van der Waals surface area contributed by atoms with Gasteiger partial charge in [0.2, 0.25) is 5.89 Å². The zero-order valence-corrected chi connectivity index (χ0v) is 14.5. The van der Waals surface area contributed by atoms with Crippen LogP contribution in [0.4, 0.5) is 0 Å². The number of hydrogen-bond donors (Lipinski definition) is 1. The fourth-order valence-corrected chi connectivity index (χ4v) is 2.31. The Morgan fingerprint density at radius 2 is 2.12 bits per heavy atom. The van der Waals surface area contributed by atoms with Crippen LogP contribution >= 0.6 is 0 Å². The predicted molar refractivity (Wildman–Crippen MR) is 88.8 cm³/mol. The van der Waals surface area contributed by atoms with Crippen LogP contribution in [-0.4, -0.2) is 25.4 Å². The highest BCUT2D eigenvalue weighted by Gasteiger charge is 2.24. The van der Waals surface area contributed by atoms with Gasteiger partial charge in [0.05, 0.1) is 0 Å². The fourth-order valence-electron chi connectivity index (χ4n) is 2.31. The van der Waals surface area contributed by atoms with Crippen molar-refractivity contribution in [2.75, 3.05) is 0 Å². The molecular weight excluding hydrogens is 306 g/mol. The molecule has 1 amide bonds. The Bertz CT molecular complexity index is 888. The van der Waals surface area contributed by atoms with Crippen LogP contribution in [0.25, 0.3) is 5.65 Å². The summed E-state index contributed by atoms with van der Waals surface area (Å²) >= 11 is 0. The van der Waals surface area contributed by atoms with Crippen LogP contribution in [0.5, 0.6) is 0 Å². The summed E-state index contributed by atoms with van der Waals surface area (Å²) in [5.74, 6) is 0.806. The van der Waals surface area contributed by atoms with Gasteiger partial charge in [-0.15, -0.1) is 0 Å². The molecule has 0 bridgehead atoms. The highest BCUT2D eigenvalue weighted by Crippen LogP contribution is 2.21. The van der Waals surface area contributed by atoms with Gasteiger partial charge in [0.15, 0.2) is 5.82 Å². The van der Waals surface area contributed by atoms with Crippen LogP contribution in [0.1, 0.15) is 61.5 Å². The van der Waals surface area contributed by atoms with E-state index in [1.165, 1.54) is 0 Å². The highest BCUT2D eigenvalue weighted by atomic mass is 16.5. The Hall–Kier alpha value is -2.70. The van der Waals surface area contributed by atoms with Crippen molar-refractivity contribution in [3.8, 4) is 0 Å². The number of amides is 1. The lowest BCUT2D eigenvalue weighted by molar-refractivity contribution is 0.0932. The van der Waals surface area contributed by atoms with Crippen molar-refractivity contribution >= 4 is 11.6 Å². The maximum absolute atomic E-state index is 12.4. The van der Waals surface area contributed by atoms with Crippen LogP contribution < -0.4 is 5.32 Å². The SMILES string of the molecule is Cc1cnc2cc(C(=O)NC(C)c3nc(C(C)(C)C)no3)ccn12. The van der Waals surface area contributed by atoms with Gasteiger partial charge >= 0.3 is 0 Å². The second kappa shape index (κ2) is 5.74. The molecule has 3 rings (SSSR count). The number of nitrogens with zero attached hydrogens (tertiary/aromatic N) is 4. The number of carbonyl (C=O) groups excluding carboxylic acids is 1. The third kappa shape index (κ3) is 3.02. The van der Waals surface area contributed by atoms with Gasteiger partial charge in [-0.3, -0.25) is 4.79 Å². The second-order valence-electron chi connectivity index (χ2n) is 6.94. The molecule has 7 nitrogen and oxygen atoms in total. The summed E-state index contributed by atoms with van der Waals surface area (Å²) in [5, 5.41) is 6.86. The number of rotatable bonds is 3. The van der Waals surface area contributed by atoms with E-state index < -0.39 is 0 Å². The summed E-state index contributed by atoms with van der Waals surface area (Å²) in [6.07, 6.45) is 3.60. The number of nitrogens with one attached hydrogen (secondary N) is 1. The molecule has 0 spiro atoms. The molecule has 3 aromatic rings. The van der Waals surface area contributed by atoms with Crippen molar-refractivity contribution in [3.05, 3.63) is 47.5 Å². The van der Waals surface area contributed by atoms with E-state index in [1.54, 1.807) is 18.3 Å². The van der Waals surface area contributed by atoms with Gasteiger partial charge in [-0.05, 0) is 26.0 Å². The molecule has 1 atom stereocenters. The van der Waals surface area contributed by atoms with E-state index in [2.05, 4.69) is 20.4 Å². The van der Waals surface area contributed by atoms with E-state index in [4.69, 9.17) is 4.52 Å². The Morgan fingerprint density at radius 3 is 2.79 bits per heavy atom. The lowest BCUT2D eigenvalue weighted by Crippen LogP contribution is -2.27. The van der Waals surface area contributed by atoms with Gasteiger partial charge in [-0.2, -0.15) is 4.98 Å². The van der Waals surface area contributed by atoms with Gasteiger partial charge in [0.25, 0.3) is 5.91 Å². The summed E-state index contributed by atoms with van der Waals surface area (Å²) in [5.41, 5.74) is 2.09. The van der Waals surface area contributed by atoms with E-state index in [9.17, 15) is 4.79 Å². The molecule has 3 aromatic heterocycles. The van der Waals surface area contributed by atoms with E-state index >= 15 is 0 Å². The molecule has 0 aliphatic heterocycles. The summed E-state index contributed by atoms with van der Waals surface area (Å²) in [4.78, 5) is 21.1. The summed E-state index contributed by atoms with van der Waals surface area (Å²) in [6, 6.07) is 3.14. The van der Waals surface area contributed by atoms with Gasteiger partial charge in [0, 0.05) is 29.1 Å². The lowest BCUT2D eigenvalue weighted by Gasteiger charge is -2.12. The highest BCUT2D eigenvalue weighted by molar-refractivity contribution is 5.95. The van der Waals surface area contributed by atoms with E-state index in [0.717, 1.165) is 11.3 Å². The summed E-state index contributed by atoms with van der Waals surface area (Å²) < 4.78 is 7.20. The molecule has 0 saturated carbocycles. The van der Waals surface area contributed by atoms with E-state index in [-0.39, 0.29) is 17.4 Å². The van der Waals surface area contributed by atoms with Crippen molar-refractivity contribution in [1.29, 1.82) is 0 Å².